The highest BCUT2D eigenvalue weighted by atomic mass is 19.4. The maximum atomic E-state index is 13.6. The van der Waals surface area contributed by atoms with Gasteiger partial charge in [0.1, 0.15) is 5.41 Å². The molecule has 5 amide bonds. The maximum absolute atomic E-state index is 13.6. The smallest absolute Gasteiger partial charge is 0.303 e. The van der Waals surface area contributed by atoms with Gasteiger partial charge in [-0.05, 0) is 49.2 Å². The zero-order valence-electron chi connectivity index (χ0n) is 18.6. The topological polar surface area (TPSA) is 108 Å². The van der Waals surface area contributed by atoms with Gasteiger partial charge in [-0.25, -0.2) is 4.79 Å². The van der Waals surface area contributed by atoms with Crippen molar-refractivity contribution in [1.82, 2.24) is 15.6 Å². The summed E-state index contributed by atoms with van der Waals surface area (Å²) in [7, 11) is 0. The van der Waals surface area contributed by atoms with Gasteiger partial charge in [-0.2, -0.15) is 13.2 Å². The molecule has 1 aliphatic heterocycles. The van der Waals surface area contributed by atoms with Crippen LogP contribution >= 0.6 is 0 Å². The highest BCUT2D eigenvalue weighted by Crippen LogP contribution is 2.34. The molecule has 3 aromatic rings. The van der Waals surface area contributed by atoms with Gasteiger partial charge in [-0.1, -0.05) is 30.3 Å². The first-order valence-electron chi connectivity index (χ1n) is 10.4. The van der Waals surface area contributed by atoms with E-state index in [2.05, 4.69) is 4.98 Å². The van der Waals surface area contributed by atoms with Gasteiger partial charge in [-0.3, -0.25) is 30.0 Å². The fourth-order valence-corrected chi connectivity index (χ4v) is 3.90. The average Bonchev–Trinajstić information content (AvgIpc) is 2.79. The molecule has 0 radical (unpaired) electrons. The number of anilines is 1. The molecule has 1 fully saturated rings. The van der Waals surface area contributed by atoms with Crippen molar-refractivity contribution in [3.05, 3.63) is 60.3 Å². The number of amides is 5. The van der Waals surface area contributed by atoms with E-state index in [1.54, 1.807) is 31.2 Å². The second-order valence-electron chi connectivity index (χ2n) is 8.34. The van der Waals surface area contributed by atoms with Crippen LogP contribution in [0, 0.1) is 12.3 Å². The summed E-state index contributed by atoms with van der Waals surface area (Å²) in [5.41, 5.74) is 0.220. The van der Waals surface area contributed by atoms with Crippen LogP contribution in [0.25, 0.3) is 22.0 Å². The first kappa shape index (κ1) is 23.9. The quantitative estimate of drug-likeness (QED) is 0.552. The molecular formula is C24H19F3N4O4. The number of benzene rings is 2. The van der Waals surface area contributed by atoms with Crippen molar-refractivity contribution in [3.63, 3.8) is 0 Å². The van der Waals surface area contributed by atoms with E-state index >= 15 is 0 Å². The van der Waals surface area contributed by atoms with Crippen LogP contribution in [-0.2, 0) is 14.4 Å². The second-order valence-corrected chi connectivity index (χ2v) is 8.34. The van der Waals surface area contributed by atoms with Gasteiger partial charge in [0.05, 0.1) is 5.52 Å². The summed E-state index contributed by atoms with van der Waals surface area (Å²) in [5, 5.41) is 4.48. The summed E-state index contributed by atoms with van der Waals surface area (Å²) in [4.78, 5) is 53.5. The van der Waals surface area contributed by atoms with E-state index in [1.807, 2.05) is 22.8 Å². The van der Waals surface area contributed by atoms with Crippen molar-refractivity contribution >= 4 is 40.3 Å². The molecule has 1 aliphatic rings. The number of nitrogens with one attached hydrogen (secondary N) is 2. The zero-order valence-corrected chi connectivity index (χ0v) is 18.6. The maximum Gasteiger partial charge on any atom is 0.471 e. The Bertz CT molecular complexity index is 1370. The van der Waals surface area contributed by atoms with Gasteiger partial charge in [-0.15, -0.1) is 0 Å². The van der Waals surface area contributed by atoms with Crippen molar-refractivity contribution < 1.29 is 32.3 Å². The van der Waals surface area contributed by atoms with E-state index in [-0.39, 0.29) is 5.69 Å². The molecular weight excluding hydrogens is 465 g/mol. The number of rotatable bonds is 4. The molecule has 2 N–H and O–H groups in total. The van der Waals surface area contributed by atoms with E-state index in [4.69, 9.17) is 0 Å². The van der Waals surface area contributed by atoms with Crippen LogP contribution in [0.3, 0.4) is 0 Å². The summed E-state index contributed by atoms with van der Waals surface area (Å²) < 4.78 is 40.7. The number of fused-ring (bicyclic) bond motifs is 1. The third kappa shape index (κ3) is 4.44. The van der Waals surface area contributed by atoms with Crippen molar-refractivity contribution in [2.75, 3.05) is 11.4 Å². The van der Waals surface area contributed by atoms with E-state index in [9.17, 15) is 32.3 Å². The monoisotopic (exact) mass is 484 g/mol. The van der Waals surface area contributed by atoms with E-state index in [0.717, 1.165) is 12.3 Å². The van der Waals surface area contributed by atoms with Crippen molar-refractivity contribution in [2.45, 2.75) is 20.0 Å². The number of halogens is 3. The fourth-order valence-electron chi connectivity index (χ4n) is 3.90. The highest BCUT2D eigenvalue weighted by molar-refractivity contribution is 6.19. The minimum atomic E-state index is -5.29. The minimum Gasteiger partial charge on any atom is -0.303 e. The molecule has 0 bridgehead atoms. The number of alkyl halides is 3. The molecule has 1 saturated heterocycles. The number of carbonyl (C=O) groups is 4. The molecule has 0 spiro atoms. The number of hydrogen-bond acceptors (Lipinski definition) is 5. The number of hydrogen-bond donors (Lipinski definition) is 2. The normalized spacial score (nSPS) is 15.5. The number of pyridine rings is 1. The van der Waals surface area contributed by atoms with Gasteiger partial charge in [0.2, 0.25) is 11.8 Å². The number of nitrogens with zero attached hydrogens (tertiary/aromatic N) is 2. The molecule has 1 aromatic heterocycles. The Balaban J connectivity index is 1.83. The Morgan fingerprint density at radius 1 is 1.00 bits per heavy atom. The number of aromatic nitrogens is 1. The lowest BCUT2D eigenvalue weighted by Gasteiger charge is -2.35. The standard InChI is InChI=1S/C24H19F3N4O4/c1-13-10-17(16-8-3-4-9-18(16)28-13)14-6-5-7-15(11-14)31(21(34)24(25,26)27)12-23(2)19(32)29-22(35)30-20(23)33/h3-11H,12H2,1-2H3,(H2,29,30,32,33,35). The lowest BCUT2D eigenvalue weighted by atomic mass is 9.86. The molecule has 180 valence electrons. The Hall–Kier alpha value is -4.28. The van der Waals surface area contributed by atoms with E-state index < -0.39 is 41.9 Å². The number of urea groups is 1. The van der Waals surface area contributed by atoms with Crippen LogP contribution in [0.4, 0.5) is 23.7 Å². The van der Waals surface area contributed by atoms with Gasteiger partial charge in [0.15, 0.2) is 0 Å². The third-order valence-corrected chi connectivity index (χ3v) is 5.73. The number of barbiturate groups is 1. The molecule has 2 heterocycles. The molecule has 11 heteroatoms. The molecule has 0 unspecified atom stereocenters. The van der Waals surface area contributed by atoms with E-state index in [1.165, 1.54) is 18.2 Å². The van der Waals surface area contributed by atoms with Gasteiger partial charge >= 0.3 is 18.1 Å². The molecule has 8 nitrogen and oxygen atoms in total. The number of para-hydroxylation sites is 1. The first-order chi connectivity index (χ1) is 16.4. The number of aryl methyl sites for hydroxylation is 1. The average molecular weight is 484 g/mol. The zero-order chi connectivity index (χ0) is 25.5. The Morgan fingerprint density at radius 3 is 2.31 bits per heavy atom. The molecule has 0 atom stereocenters. The SMILES string of the molecule is Cc1cc(-c2cccc(N(CC3(C)C(=O)NC(=O)NC3=O)C(=O)C(F)(F)F)c2)c2ccccc2n1. The second kappa shape index (κ2) is 8.49. The molecule has 0 saturated carbocycles. The van der Waals surface area contributed by atoms with Gasteiger partial charge in [0.25, 0.3) is 0 Å². The molecule has 4 rings (SSSR count). The van der Waals surface area contributed by atoms with Crippen molar-refractivity contribution in [1.29, 1.82) is 0 Å². The van der Waals surface area contributed by atoms with Crippen molar-refractivity contribution in [2.24, 2.45) is 5.41 Å². The van der Waals surface area contributed by atoms with Crippen LogP contribution in [0.15, 0.2) is 54.6 Å². The highest BCUT2D eigenvalue weighted by Gasteiger charge is 2.51. The summed E-state index contributed by atoms with van der Waals surface area (Å²) in [5.74, 6) is -4.49. The lowest BCUT2D eigenvalue weighted by Crippen LogP contribution is -2.65. The summed E-state index contributed by atoms with van der Waals surface area (Å²) in [6, 6.07) is 13.7. The lowest BCUT2D eigenvalue weighted by molar-refractivity contribution is -0.171. The number of imide groups is 2. The first-order valence-corrected chi connectivity index (χ1v) is 10.4. The fraction of sp³-hybridized carbons (Fsp3) is 0.208. The Morgan fingerprint density at radius 2 is 1.66 bits per heavy atom. The molecule has 35 heavy (non-hydrogen) atoms. The van der Waals surface area contributed by atoms with Gasteiger partial charge in [0, 0.05) is 23.3 Å². The van der Waals surface area contributed by atoms with Crippen LogP contribution in [0.1, 0.15) is 12.6 Å². The molecule has 0 aliphatic carbocycles. The van der Waals surface area contributed by atoms with Gasteiger partial charge < -0.3 is 4.90 Å². The van der Waals surface area contributed by atoms with Crippen LogP contribution in [0.5, 0.6) is 0 Å². The summed E-state index contributed by atoms with van der Waals surface area (Å²) >= 11 is 0. The predicted octanol–water partition coefficient (Wildman–Crippen LogP) is 3.48. The minimum absolute atomic E-state index is 0.179. The van der Waals surface area contributed by atoms with Crippen molar-refractivity contribution in [3.8, 4) is 11.1 Å². The summed E-state index contributed by atoms with van der Waals surface area (Å²) in [6.45, 7) is 1.89. The summed E-state index contributed by atoms with van der Waals surface area (Å²) in [6.07, 6.45) is -5.29. The third-order valence-electron chi connectivity index (χ3n) is 5.73. The number of carbonyl (C=O) groups excluding carboxylic acids is 4. The largest absolute Gasteiger partial charge is 0.471 e. The van der Waals surface area contributed by atoms with Crippen LogP contribution in [0.2, 0.25) is 0 Å². The van der Waals surface area contributed by atoms with Crippen LogP contribution in [-0.4, -0.2) is 41.5 Å². The molecule has 2 aromatic carbocycles. The predicted molar refractivity (Wildman–Crippen MR) is 120 cm³/mol. The Labute approximate surface area is 197 Å². The Kier molecular flexibility index (Phi) is 5.79. The van der Waals surface area contributed by atoms with Crippen LogP contribution < -0.4 is 15.5 Å². The van der Waals surface area contributed by atoms with E-state index in [0.29, 0.717) is 27.2 Å².